The van der Waals surface area contributed by atoms with E-state index in [1.807, 2.05) is 18.2 Å². The zero-order chi connectivity index (χ0) is 13.5. The number of nitrogens with one attached hydrogen (secondary N) is 1. The molecule has 0 aliphatic carbocycles. The van der Waals surface area contributed by atoms with Gasteiger partial charge in [0.1, 0.15) is 6.04 Å². The molecular weight excluding hydrogens is 238 g/mol. The molecule has 0 unspecified atom stereocenters. The molecule has 102 valence electrons. The van der Waals surface area contributed by atoms with Gasteiger partial charge in [0.2, 0.25) is 0 Å². The summed E-state index contributed by atoms with van der Waals surface area (Å²) < 4.78 is 5.22. The highest BCUT2D eigenvalue weighted by Gasteiger charge is 2.26. The summed E-state index contributed by atoms with van der Waals surface area (Å²) in [4.78, 5) is 0. The van der Waals surface area contributed by atoms with Gasteiger partial charge in [-0.15, -0.1) is 0 Å². The van der Waals surface area contributed by atoms with E-state index in [1.54, 1.807) is 7.11 Å². The van der Waals surface area contributed by atoms with Crippen molar-refractivity contribution in [3.63, 3.8) is 0 Å². The predicted molar refractivity (Wildman–Crippen MR) is 74.3 cm³/mol. The zero-order valence-corrected chi connectivity index (χ0v) is 11.4. The van der Waals surface area contributed by atoms with E-state index in [4.69, 9.17) is 4.74 Å². The van der Waals surface area contributed by atoms with Crippen molar-refractivity contribution in [1.29, 1.82) is 5.26 Å². The molecule has 4 nitrogen and oxygen atoms in total. The monoisotopic (exact) mass is 259 g/mol. The number of ether oxygens (including phenoxy) is 1. The molecule has 1 aromatic rings. The highest BCUT2D eigenvalue weighted by Crippen LogP contribution is 2.16. The number of benzene rings is 1. The van der Waals surface area contributed by atoms with Gasteiger partial charge in [0.05, 0.1) is 12.7 Å². The van der Waals surface area contributed by atoms with Gasteiger partial charge in [0.25, 0.3) is 0 Å². The maximum Gasteiger partial charge on any atom is 0.112 e. The Morgan fingerprint density at radius 3 is 2.95 bits per heavy atom. The van der Waals surface area contributed by atoms with Crippen LogP contribution < -0.4 is 5.43 Å². The predicted octanol–water partition coefficient (Wildman–Crippen LogP) is 1.74. The molecule has 1 aliphatic heterocycles. The summed E-state index contributed by atoms with van der Waals surface area (Å²) in [5, 5.41) is 11.5. The molecule has 1 aliphatic rings. The molecule has 1 aromatic carbocycles. The third-order valence-corrected chi connectivity index (χ3v) is 3.50. The summed E-state index contributed by atoms with van der Waals surface area (Å²) in [6, 6.07) is 12.7. The van der Waals surface area contributed by atoms with Gasteiger partial charge in [-0.05, 0) is 18.4 Å². The number of rotatable bonds is 6. The molecule has 0 radical (unpaired) electrons. The fraction of sp³-hybridized carbons (Fsp3) is 0.533. The van der Waals surface area contributed by atoms with E-state index in [0.29, 0.717) is 6.04 Å². The molecule has 19 heavy (non-hydrogen) atoms. The van der Waals surface area contributed by atoms with Crippen LogP contribution in [0.5, 0.6) is 0 Å². The lowest BCUT2D eigenvalue weighted by Crippen LogP contribution is -2.49. The van der Waals surface area contributed by atoms with E-state index in [1.165, 1.54) is 5.56 Å². The second kappa shape index (κ2) is 7.25. The standard InChI is InChI=1S/C15H21N3O/c1-19-12-15-8-5-9-18(15)17-14(11-16)10-13-6-3-2-4-7-13/h2-4,6-7,14-15,17H,5,8-10,12H2,1H3/t14-,15-/m0/s1. The van der Waals surface area contributed by atoms with E-state index in [-0.39, 0.29) is 6.04 Å². The molecule has 2 atom stereocenters. The Morgan fingerprint density at radius 1 is 1.47 bits per heavy atom. The number of methoxy groups -OCH3 is 1. The minimum Gasteiger partial charge on any atom is -0.383 e. The van der Waals surface area contributed by atoms with E-state index >= 15 is 0 Å². The summed E-state index contributed by atoms with van der Waals surface area (Å²) in [5.41, 5.74) is 4.53. The molecule has 1 heterocycles. The number of hydrazine groups is 1. The second-order valence-electron chi connectivity index (χ2n) is 4.95. The lowest BCUT2D eigenvalue weighted by Gasteiger charge is -2.27. The highest BCUT2D eigenvalue weighted by molar-refractivity contribution is 5.17. The van der Waals surface area contributed by atoms with Gasteiger partial charge in [-0.2, -0.15) is 5.26 Å². The van der Waals surface area contributed by atoms with Crippen LogP contribution in [0, 0.1) is 11.3 Å². The van der Waals surface area contributed by atoms with E-state index in [2.05, 4.69) is 28.6 Å². The maximum absolute atomic E-state index is 9.29. The van der Waals surface area contributed by atoms with Gasteiger partial charge < -0.3 is 4.74 Å². The number of hydrogen-bond donors (Lipinski definition) is 1. The molecular formula is C15H21N3O. The van der Waals surface area contributed by atoms with Gasteiger partial charge in [-0.3, -0.25) is 0 Å². The molecule has 0 bridgehead atoms. The summed E-state index contributed by atoms with van der Waals surface area (Å²) in [6.45, 7) is 1.71. The van der Waals surface area contributed by atoms with Crippen molar-refractivity contribution >= 4 is 0 Å². The molecule has 1 saturated heterocycles. The fourth-order valence-corrected chi connectivity index (χ4v) is 2.54. The van der Waals surface area contributed by atoms with Crippen LogP contribution in [-0.2, 0) is 11.2 Å². The first-order chi connectivity index (χ1) is 9.33. The van der Waals surface area contributed by atoms with Crippen LogP contribution in [0.2, 0.25) is 0 Å². The van der Waals surface area contributed by atoms with Crippen LogP contribution in [0.3, 0.4) is 0 Å². The summed E-state index contributed by atoms with van der Waals surface area (Å²) in [7, 11) is 1.72. The van der Waals surface area contributed by atoms with Crippen molar-refractivity contribution < 1.29 is 4.74 Å². The molecule has 0 amide bonds. The molecule has 0 aromatic heterocycles. The topological polar surface area (TPSA) is 48.3 Å². The molecule has 0 saturated carbocycles. The Kier molecular flexibility index (Phi) is 5.34. The number of nitriles is 1. The Balaban J connectivity index is 1.90. The van der Waals surface area contributed by atoms with Crippen molar-refractivity contribution in [2.75, 3.05) is 20.3 Å². The third-order valence-electron chi connectivity index (χ3n) is 3.50. The van der Waals surface area contributed by atoms with E-state index < -0.39 is 0 Å². The zero-order valence-electron chi connectivity index (χ0n) is 11.4. The van der Waals surface area contributed by atoms with Gasteiger partial charge in [-0.1, -0.05) is 30.3 Å². The van der Waals surface area contributed by atoms with E-state index in [0.717, 1.165) is 32.4 Å². The van der Waals surface area contributed by atoms with Gasteiger partial charge >= 0.3 is 0 Å². The van der Waals surface area contributed by atoms with Crippen LogP contribution in [-0.4, -0.2) is 37.4 Å². The van der Waals surface area contributed by atoms with Crippen molar-refractivity contribution in [3.05, 3.63) is 35.9 Å². The van der Waals surface area contributed by atoms with Crippen LogP contribution in [0.15, 0.2) is 30.3 Å². The van der Waals surface area contributed by atoms with Crippen LogP contribution in [0.25, 0.3) is 0 Å². The maximum atomic E-state index is 9.29. The van der Waals surface area contributed by atoms with Gasteiger partial charge in [-0.25, -0.2) is 10.4 Å². The first kappa shape index (κ1) is 14.0. The minimum atomic E-state index is -0.181. The Hall–Kier alpha value is -1.41. The largest absolute Gasteiger partial charge is 0.383 e. The Morgan fingerprint density at radius 2 is 2.26 bits per heavy atom. The molecule has 2 rings (SSSR count). The van der Waals surface area contributed by atoms with Crippen molar-refractivity contribution in [2.45, 2.75) is 31.3 Å². The average Bonchev–Trinajstić information content (AvgIpc) is 2.87. The normalized spacial score (nSPS) is 21.2. The molecule has 1 N–H and O–H groups in total. The van der Waals surface area contributed by atoms with Gasteiger partial charge in [0, 0.05) is 26.1 Å². The SMILES string of the molecule is COC[C@@H]1CCCN1N[C@H](C#N)Cc1ccccc1. The van der Waals surface area contributed by atoms with Crippen molar-refractivity contribution in [2.24, 2.45) is 0 Å². The summed E-state index contributed by atoms with van der Waals surface area (Å²) in [6.07, 6.45) is 3.02. The van der Waals surface area contributed by atoms with Gasteiger partial charge in [0.15, 0.2) is 0 Å². The lowest BCUT2D eigenvalue weighted by molar-refractivity contribution is 0.0773. The highest BCUT2D eigenvalue weighted by atomic mass is 16.5. The summed E-state index contributed by atoms with van der Waals surface area (Å²) in [5.74, 6) is 0. The molecule has 1 fully saturated rings. The van der Waals surface area contributed by atoms with Crippen molar-refractivity contribution in [3.8, 4) is 6.07 Å². The van der Waals surface area contributed by atoms with Crippen LogP contribution in [0.4, 0.5) is 0 Å². The van der Waals surface area contributed by atoms with Crippen LogP contribution >= 0.6 is 0 Å². The smallest absolute Gasteiger partial charge is 0.112 e. The quantitative estimate of drug-likeness (QED) is 0.845. The average molecular weight is 259 g/mol. The lowest BCUT2D eigenvalue weighted by atomic mass is 10.1. The first-order valence-electron chi connectivity index (χ1n) is 6.78. The molecule has 4 heteroatoms. The third kappa shape index (κ3) is 4.03. The van der Waals surface area contributed by atoms with E-state index in [9.17, 15) is 5.26 Å². The minimum absolute atomic E-state index is 0.181. The Labute approximate surface area is 114 Å². The van der Waals surface area contributed by atoms with Crippen LogP contribution in [0.1, 0.15) is 18.4 Å². The number of hydrogen-bond acceptors (Lipinski definition) is 4. The fourth-order valence-electron chi connectivity index (χ4n) is 2.54. The number of nitrogens with zero attached hydrogens (tertiary/aromatic N) is 2. The second-order valence-corrected chi connectivity index (χ2v) is 4.95. The summed E-state index contributed by atoms with van der Waals surface area (Å²) >= 11 is 0. The van der Waals surface area contributed by atoms with Crippen molar-refractivity contribution in [1.82, 2.24) is 10.4 Å². The molecule has 0 spiro atoms. The first-order valence-corrected chi connectivity index (χ1v) is 6.78. The Bertz CT molecular complexity index is 415.